The van der Waals surface area contributed by atoms with Crippen molar-refractivity contribution >= 4 is 0 Å². The zero-order valence-corrected chi connectivity index (χ0v) is 15.8. The Kier molecular flexibility index (Phi) is 8.54. The van der Waals surface area contributed by atoms with Gasteiger partial charge >= 0.3 is 6.61 Å². The fraction of sp³-hybridized carbons (Fsp3) is 0.684. The van der Waals surface area contributed by atoms with E-state index >= 15 is 0 Å². The molecule has 0 radical (unpaired) electrons. The van der Waals surface area contributed by atoms with Crippen LogP contribution in [0, 0.1) is 0 Å². The van der Waals surface area contributed by atoms with E-state index in [-0.39, 0.29) is 18.0 Å². The molecule has 0 spiro atoms. The minimum absolute atomic E-state index is 0.105. The van der Waals surface area contributed by atoms with E-state index in [9.17, 15) is 8.78 Å². The van der Waals surface area contributed by atoms with Crippen LogP contribution < -0.4 is 14.8 Å². The highest BCUT2D eigenvalue weighted by atomic mass is 19.3. The maximum absolute atomic E-state index is 12.6. The van der Waals surface area contributed by atoms with E-state index < -0.39 is 6.61 Å². The van der Waals surface area contributed by atoms with E-state index in [4.69, 9.17) is 9.47 Å². The zero-order chi connectivity index (χ0) is 18.9. The number of morpholine rings is 1. The van der Waals surface area contributed by atoms with Gasteiger partial charge in [-0.2, -0.15) is 8.78 Å². The fourth-order valence-electron chi connectivity index (χ4n) is 3.36. The lowest BCUT2D eigenvalue weighted by Gasteiger charge is -2.35. The summed E-state index contributed by atoms with van der Waals surface area (Å²) in [6.07, 6.45) is 2.69. The summed E-state index contributed by atoms with van der Waals surface area (Å²) in [4.78, 5) is 2.44. The third-order valence-corrected chi connectivity index (χ3v) is 4.38. The third kappa shape index (κ3) is 6.70. The number of hydrogen-bond acceptors (Lipinski definition) is 5. The number of halogens is 2. The van der Waals surface area contributed by atoms with Crippen LogP contribution in [0.4, 0.5) is 8.78 Å². The predicted molar refractivity (Wildman–Crippen MR) is 97.0 cm³/mol. The summed E-state index contributed by atoms with van der Waals surface area (Å²) in [7, 11) is 1.44. The first-order chi connectivity index (χ1) is 12.5. The number of rotatable bonds is 10. The van der Waals surface area contributed by atoms with Crippen LogP contribution >= 0.6 is 0 Å². The van der Waals surface area contributed by atoms with Gasteiger partial charge in [-0.05, 0) is 45.8 Å². The summed E-state index contributed by atoms with van der Waals surface area (Å²) >= 11 is 0. The van der Waals surface area contributed by atoms with Crippen LogP contribution in [0.3, 0.4) is 0 Å². The highest BCUT2D eigenvalue weighted by molar-refractivity contribution is 5.46. The first-order valence-electron chi connectivity index (χ1n) is 9.18. The minimum Gasteiger partial charge on any atom is -0.493 e. The van der Waals surface area contributed by atoms with E-state index in [0.717, 1.165) is 39.0 Å². The molecule has 26 heavy (non-hydrogen) atoms. The van der Waals surface area contributed by atoms with Crippen LogP contribution in [-0.4, -0.2) is 57.0 Å². The molecule has 0 amide bonds. The third-order valence-electron chi connectivity index (χ3n) is 4.38. The standard InChI is InChI=1S/C19H30F2N2O3/c1-14-12-23(13-15(2)25-14)10-5-4-9-22-11-16-7-6-8-17(24-3)18(16)26-19(20)21/h6-8,14-15,19,22H,4-5,9-13H2,1-3H3. The average Bonchev–Trinajstić information content (AvgIpc) is 2.57. The molecule has 1 aliphatic heterocycles. The fourth-order valence-corrected chi connectivity index (χ4v) is 3.36. The Labute approximate surface area is 154 Å². The summed E-state index contributed by atoms with van der Waals surface area (Å²) in [6, 6.07) is 5.16. The first kappa shape index (κ1) is 20.9. The van der Waals surface area contributed by atoms with Gasteiger partial charge in [0.1, 0.15) is 0 Å². The molecular weight excluding hydrogens is 342 g/mol. The lowest BCUT2D eigenvalue weighted by molar-refractivity contribution is -0.0681. The van der Waals surface area contributed by atoms with Crippen LogP contribution in [0.2, 0.25) is 0 Å². The summed E-state index contributed by atoms with van der Waals surface area (Å²) in [6.45, 7) is 5.65. The van der Waals surface area contributed by atoms with Gasteiger partial charge < -0.3 is 19.5 Å². The molecule has 1 aromatic carbocycles. The molecule has 7 heteroatoms. The van der Waals surface area contributed by atoms with Crippen molar-refractivity contribution in [1.82, 2.24) is 10.2 Å². The monoisotopic (exact) mass is 372 g/mol. The van der Waals surface area contributed by atoms with Crippen molar-refractivity contribution < 1.29 is 23.0 Å². The quantitative estimate of drug-likeness (QED) is 0.639. The smallest absolute Gasteiger partial charge is 0.387 e. The maximum atomic E-state index is 12.6. The van der Waals surface area contributed by atoms with Gasteiger partial charge in [0.15, 0.2) is 11.5 Å². The number of unbranched alkanes of at least 4 members (excludes halogenated alkanes) is 1. The van der Waals surface area contributed by atoms with E-state index in [2.05, 4.69) is 28.8 Å². The Bertz CT molecular complexity index is 536. The molecule has 2 atom stereocenters. The maximum Gasteiger partial charge on any atom is 0.387 e. The molecule has 0 aromatic heterocycles. The number of alkyl halides is 2. The number of para-hydroxylation sites is 1. The van der Waals surface area contributed by atoms with Crippen LogP contribution in [0.1, 0.15) is 32.3 Å². The number of benzene rings is 1. The van der Waals surface area contributed by atoms with Crippen molar-refractivity contribution in [1.29, 1.82) is 0 Å². The SMILES string of the molecule is COc1cccc(CNCCCCN2CC(C)OC(C)C2)c1OC(F)F. The van der Waals surface area contributed by atoms with Gasteiger partial charge in [-0.3, -0.25) is 4.90 Å². The Balaban J connectivity index is 1.71. The lowest BCUT2D eigenvalue weighted by atomic mass is 10.1. The van der Waals surface area contributed by atoms with Crippen LogP contribution in [-0.2, 0) is 11.3 Å². The Morgan fingerprint density at radius 1 is 1.23 bits per heavy atom. The molecule has 1 aromatic rings. The van der Waals surface area contributed by atoms with Crippen LogP contribution in [0.25, 0.3) is 0 Å². The Morgan fingerprint density at radius 3 is 2.62 bits per heavy atom. The van der Waals surface area contributed by atoms with Gasteiger partial charge in [0.05, 0.1) is 19.3 Å². The summed E-state index contributed by atoms with van der Waals surface area (Å²) in [5.74, 6) is 0.425. The topological polar surface area (TPSA) is 43.0 Å². The summed E-state index contributed by atoms with van der Waals surface area (Å²) < 4.78 is 40.7. The van der Waals surface area contributed by atoms with Crippen molar-refractivity contribution in [2.24, 2.45) is 0 Å². The molecule has 1 aliphatic rings. The van der Waals surface area contributed by atoms with E-state index in [1.807, 2.05) is 0 Å². The molecular formula is C19H30F2N2O3. The molecule has 1 fully saturated rings. The largest absolute Gasteiger partial charge is 0.493 e. The van der Waals surface area contributed by atoms with Crippen molar-refractivity contribution in [2.45, 2.75) is 52.1 Å². The van der Waals surface area contributed by atoms with Crippen LogP contribution in [0.5, 0.6) is 11.5 Å². The molecule has 1 heterocycles. The van der Waals surface area contributed by atoms with Crippen molar-refractivity contribution in [3.05, 3.63) is 23.8 Å². The second-order valence-corrected chi connectivity index (χ2v) is 6.73. The Hall–Kier alpha value is -1.44. The number of ether oxygens (including phenoxy) is 3. The molecule has 2 unspecified atom stereocenters. The van der Waals surface area contributed by atoms with Crippen LogP contribution in [0.15, 0.2) is 18.2 Å². The van der Waals surface area contributed by atoms with Gasteiger partial charge in [-0.15, -0.1) is 0 Å². The second-order valence-electron chi connectivity index (χ2n) is 6.73. The van der Waals surface area contributed by atoms with Gasteiger partial charge in [-0.1, -0.05) is 12.1 Å². The van der Waals surface area contributed by atoms with Gasteiger partial charge in [-0.25, -0.2) is 0 Å². The highest BCUT2D eigenvalue weighted by Gasteiger charge is 2.21. The lowest BCUT2D eigenvalue weighted by Crippen LogP contribution is -2.45. The summed E-state index contributed by atoms with van der Waals surface area (Å²) in [5.41, 5.74) is 0.667. The molecule has 2 rings (SSSR count). The predicted octanol–water partition coefficient (Wildman–Crippen LogP) is 3.28. The molecule has 5 nitrogen and oxygen atoms in total. The zero-order valence-electron chi connectivity index (χ0n) is 15.8. The van der Waals surface area contributed by atoms with E-state index in [1.165, 1.54) is 7.11 Å². The first-order valence-corrected chi connectivity index (χ1v) is 9.18. The normalized spacial score (nSPS) is 21.2. The number of methoxy groups -OCH3 is 1. The van der Waals surface area contributed by atoms with Crippen molar-refractivity contribution in [3.63, 3.8) is 0 Å². The number of nitrogens with one attached hydrogen (secondary N) is 1. The molecule has 1 saturated heterocycles. The van der Waals surface area contributed by atoms with Gasteiger partial charge in [0.25, 0.3) is 0 Å². The number of nitrogens with zero attached hydrogens (tertiary/aromatic N) is 1. The molecule has 0 aliphatic carbocycles. The molecule has 0 saturated carbocycles. The molecule has 1 N–H and O–H groups in total. The van der Waals surface area contributed by atoms with Crippen molar-refractivity contribution in [3.8, 4) is 11.5 Å². The molecule has 148 valence electrons. The Morgan fingerprint density at radius 2 is 1.96 bits per heavy atom. The van der Waals surface area contributed by atoms with Crippen molar-refractivity contribution in [2.75, 3.05) is 33.3 Å². The number of hydrogen-bond donors (Lipinski definition) is 1. The summed E-state index contributed by atoms with van der Waals surface area (Å²) in [5, 5.41) is 3.30. The van der Waals surface area contributed by atoms with E-state index in [0.29, 0.717) is 17.9 Å². The van der Waals surface area contributed by atoms with E-state index in [1.54, 1.807) is 18.2 Å². The minimum atomic E-state index is -2.87. The molecule has 0 bridgehead atoms. The second kappa shape index (κ2) is 10.6. The average molecular weight is 372 g/mol. The van der Waals surface area contributed by atoms with Gasteiger partial charge in [0, 0.05) is 25.2 Å². The van der Waals surface area contributed by atoms with Gasteiger partial charge in [0.2, 0.25) is 0 Å². The highest BCUT2D eigenvalue weighted by Crippen LogP contribution is 2.32.